The highest BCUT2D eigenvalue weighted by molar-refractivity contribution is 6.30. The van der Waals surface area contributed by atoms with Gasteiger partial charge in [-0.3, -0.25) is 9.59 Å². The Morgan fingerprint density at radius 1 is 1.17 bits per heavy atom. The number of likely N-dealkylation sites (N-methyl/N-ethyl adjacent to an activating group) is 2. The molecule has 0 radical (unpaired) electrons. The standard InChI is InChI=1S/C17H25ClN4O2/c1-19(2)16(23)12-20(3)17(24)13-21-7-9-22(10-8-21)15-6-4-5-14(18)11-15/h4-6,11H,7-10,12-13H2,1-3H3/p+1. The predicted molar refractivity (Wildman–Crippen MR) is 95.6 cm³/mol. The number of benzene rings is 1. The summed E-state index contributed by atoms with van der Waals surface area (Å²) in [5.41, 5.74) is 1.13. The van der Waals surface area contributed by atoms with E-state index in [4.69, 9.17) is 11.6 Å². The average molecular weight is 354 g/mol. The number of anilines is 1. The molecule has 0 unspecified atom stereocenters. The first-order chi connectivity index (χ1) is 11.4. The molecular formula is C17H26ClN4O2+. The van der Waals surface area contributed by atoms with Crippen LogP contribution in [0.4, 0.5) is 5.69 Å². The van der Waals surface area contributed by atoms with Gasteiger partial charge in [-0.2, -0.15) is 0 Å². The molecule has 1 aromatic rings. The highest BCUT2D eigenvalue weighted by Gasteiger charge is 2.24. The summed E-state index contributed by atoms with van der Waals surface area (Å²) in [4.78, 5) is 30.5. The fraction of sp³-hybridized carbons (Fsp3) is 0.529. The molecule has 1 heterocycles. The zero-order valence-electron chi connectivity index (χ0n) is 14.6. The smallest absolute Gasteiger partial charge is 0.277 e. The van der Waals surface area contributed by atoms with E-state index in [-0.39, 0.29) is 18.4 Å². The average Bonchev–Trinajstić information content (AvgIpc) is 2.55. The molecule has 2 amide bonds. The number of hydrogen-bond acceptors (Lipinski definition) is 3. The lowest BCUT2D eigenvalue weighted by molar-refractivity contribution is -0.892. The summed E-state index contributed by atoms with van der Waals surface area (Å²) in [7, 11) is 5.08. The van der Waals surface area contributed by atoms with Crippen LogP contribution in [0.15, 0.2) is 24.3 Å². The van der Waals surface area contributed by atoms with Gasteiger partial charge >= 0.3 is 0 Å². The molecule has 1 N–H and O–H groups in total. The van der Waals surface area contributed by atoms with E-state index in [2.05, 4.69) is 11.0 Å². The molecule has 0 bridgehead atoms. The molecule has 1 aromatic carbocycles. The van der Waals surface area contributed by atoms with Gasteiger partial charge in [0.2, 0.25) is 5.91 Å². The maximum Gasteiger partial charge on any atom is 0.277 e. The number of hydrogen-bond donors (Lipinski definition) is 1. The van der Waals surface area contributed by atoms with Gasteiger partial charge < -0.3 is 19.6 Å². The molecule has 0 aromatic heterocycles. The maximum atomic E-state index is 12.3. The molecule has 0 spiro atoms. The van der Waals surface area contributed by atoms with Crippen molar-refractivity contribution in [1.29, 1.82) is 0 Å². The van der Waals surface area contributed by atoms with Gasteiger partial charge in [-0.05, 0) is 18.2 Å². The van der Waals surface area contributed by atoms with Gasteiger partial charge in [0.1, 0.15) is 0 Å². The Kier molecular flexibility index (Phi) is 6.45. The van der Waals surface area contributed by atoms with Crippen molar-refractivity contribution >= 4 is 29.1 Å². The van der Waals surface area contributed by atoms with Gasteiger partial charge in [0.15, 0.2) is 6.54 Å². The molecule has 0 atom stereocenters. The van der Waals surface area contributed by atoms with Gasteiger partial charge in [0.25, 0.3) is 5.91 Å². The third kappa shape index (κ3) is 5.11. The normalized spacial score (nSPS) is 15.2. The van der Waals surface area contributed by atoms with E-state index in [1.807, 2.05) is 18.2 Å². The van der Waals surface area contributed by atoms with E-state index in [9.17, 15) is 9.59 Å². The van der Waals surface area contributed by atoms with Crippen molar-refractivity contribution in [3.63, 3.8) is 0 Å². The Labute approximate surface area is 148 Å². The third-order valence-corrected chi connectivity index (χ3v) is 4.58. The quantitative estimate of drug-likeness (QED) is 0.783. The van der Waals surface area contributed by atoms with E-state index >= 15 is 0 Å². The Bertz CT molecular complexity index is 586. The van der Waals surface area contributed by atoms with Crippen LogP contribution < -0.4 is 9.80 Å². The van der Waals surface area contributed by atoms with Gasteiger partial charge in [-0.15, -0.1) is 0 Å². The van der Waals surface area contributed by atoms with Crippen molar-refractivity contribution in [1.82, 2.24) is 9.80 Å². The van der Waals surface area contributed by atoms with Crippen molar-refractivity contribution in [3.05, 3.63) is 29.3 Å². The van der Waals surface area contributed by atoms with E-state index in [1.54, 1.807) is 21.1 Å². The van der Waals surface area contributed by atoms with Crippen LogP contribution >= 0.6 is 11.6 Å². The van der Waals surface area contributed by atoms with Crippen LogP contribution in [0.3, 0.4) is 0 Å². The molecule has 6 nitrogen and oxygen atoms in total. The first-order valence-electron chi connectivity index (χ1n) is 8.15. The predicted octanol–water partition coefficient (Wildman–Crippen LogP) is -0.408. The summed E-state index contributed by atoms with van der Waals surface area (Å²) in [6.45, 7) is 4.14. The fourth-order valence-corrected chi connectivity index (χ4v) is 2.90. The number of amides is 2. The number of nitrogens with zero attached hydrogens (tertiary/aromatic N) is 3. The van der Waals surface area contributed by atoms with Crippen LogP contribution in [0.25, 0.3) is 0 Å². The molecule has 0 aliphatic carbocycles. The highest BCUT2D eigenvalue weighted by atomic mass is 35.5. The van der Waals surface area contributed by atoms with Crippen molar-refractivity contribution in [2.45, 2.75) is 0 Å². The van der Waals surface area contributed by atoms with Crippen LogP contribution in [-0.2, 0) is 9.59 Å². The number of quaternary nitrogens is 1. The number of piperazine rings is 1. The topological polar surface area (TPSA) is 48.3 Å². The minimum atomic E-state index is -0.0633. The van der Waals surface area contributed by atoms with E-state index in [0.717, 1.165) is 36.9 Å². The number of carbonyl (C=O) groups excluding carboxylic acids is 2. The molecule has 1 fully saturated rings. The largest absolute Gasteiger partial charge is 0.360 e. The van der Waals surface area contributed by atoms with Gasteiger partial charge in [-0.25, -0.2) is 0 Å². The van der Waals surface area contributed by atoms with Gasteiger partial charge in [0, 0.05) is 31.9 Å². The zero-order valence-corrected chi connectivity index (χ0v) is 15.3. The molecular weight excluding hydrogens is 328 g/mol. The van der Waals surface area contributed by atoms with E-state index in [1.165, 1.54) is 14.7 Å². The lowest BCUT2D eigenvalue weighted by atomic mass is 10.2. The SMILES string of the molecule is CN(C)C(=O)CN(C)C(=O)C[NH+]1CCN(c2cccc(Cl)c2)CC1. The Morgan fingerprint density at radius 3 is 2.42 bits per heavy atom. The Balaban J connectivity index is 1.80. The molecule has 2 rings (SSSR count). The third-order valence-electron chi connectivity index (χ3n) is 4.34. The summed E-state index contributed by atoms with van der Waals surface area (Å²) in [5.74, 6) is -0.0527. The van der Waals surface area contributed by atoms with Crippen molar-refractivity contribution in [2.24, 2.45) is 0 Å². The number of carbonyl (C=O) groups is 2. The molecule has 7 heteroatoms. The minimum absolute atomic E-state index is 0.0106. The lowest BCUT2D eigenvalue weighted by Crippen LogP contribution is -3.15. The second kappa shape index (κ2) is 8.35. The van der Waals surface area contributed by atoms with Gasteiger partial charge in [-0.1, -0.05) is 17.7 Å². The summed E-state index contributed by atoms with van der Waals surface area (Å²) < 4.78 is 0. The molecule has 1 aliphatic rings. The zero-order chi connectivity index (χ0) is 17.7. The highest BCUT2D eigenvalue weighted by Crippen LogP contribution is 2.19. The Morgan fingerprint density at radius 2 is 1.83 bits per heavy atom. The molecule has 1 aliphatic heterocycles. The summed E-state index contributed by atoms with van der Waals surface area (Å²) in [5, 5.41) is 0.740. The summed E-state index contributed by atoms with van der Waals surface area (Å²) in [6.07, 6.45) is 0. The summed E-state index contributed by atoms with van der Waals surface area (Å²) in [6, 6.07) is 7.86. The number of rotatable bonds is 5. The van der Waals surface area contributed by atoms with Crippen molar-refractivity contribution < 1.29 is 14.5 Å². The first kappa shape index (κ1) is 18.5. The number of halogens is 1. The Hall–Kier alpha value is -1.79. The monoisotopic (exact) mass is 353 g/mol. The summed E-state index contributed by atoms with van der Waals surface area (Å²) >= 11 is 6.05. The first-order valence-corrected chi connectivity index (χ1v) is 8.53. The van der Waals surface area contributed by atoms with E-state index in [0.29, 0.717) is 6.54 Å². The second-order valence-corrected chi connectivity index (χ2v) is 6.87. The molecule has 1 saturated heterocycles. The fourth-order valence-electron chi connectivity index (χ4n) is 2.71. The van der Waals surface area contributed by atoms with E-state index < -0.39 is 0 Å². The second-order valence-electron chi connectivity index (χ2n) is 6.43. The minimum Gasteiger partial charge on any atom is -0.360 e. The molecule has 0 saturated carbocycles. The van der Waals surface area contributed by atoms with Crippen molar-refractivity contribution in [3.8, 4) is 0 Å². The van der Waals surface area contributed by atoms with Crippen LogP contribution in [-0.4, -0.2) is 82.0 Å². The van der Waals surface area contributed by atoms with Crippen LogP contribution in [0.2, 0.25) is 5.02 Å². The lowest BCUT2D eigenvalue weighted by Gasteiger charge is -2.34. The number of nitrogens with one attached hydrogen (secondary N) is 1. The van der Waals surface area contributed by atoms with Crippen LogP contribution in [0.1, 0.15) is 0 Å². The maximum absolute atomic E-state index is 12.3. The molecule has 132 valence electrons. The molecule has 24 heavy (non-hydrogen) atoms. The van der Waals surface area contributed by atoms with Crippen molar-refractivity contribution in [2.75, 3.05) is 65.3 Å². The van der Waals surface area contributed by atoms with Gasteiger partial charge in [0.05, 0.1) is 32.7 Å². The van der Waals surface area contributed by atoms with Crippen LogP contribution in [0, 0.1) is 0 Å². The van der Waals surface area contributed by atoms with Crippen LogP contribution in [0.5, 0.6) is 0 Å².